The lowest BCUT2D eigenvalue weighted by Gasteiger charge is -2.28. The zero-order valence-corrected chi connectivity index (χ0v) is 11.9. The van der Waals surface area contributed by atoms with Gasteiger partial charge in [0.15, 0.2) is 5.69 Å². The van der Waals surface area contributed by atoms with E-state index in [0.29, 0.717) is 5.92 Å². The zero-order valence-electron chi connectivity index (χ0n) is 11.9. The van der Waals surface area contributed by atoms with E-state index in [4.69, 9.17) is 5.84 Å². The quantitative estimate of drug-likeness (QED) is 0.588. The molecule has 0 bridgehead atoms. The molecule has 0 spiro atoms. The smallest absolute Gasteiger partial charge is 0.367 e. The molecule has 118 valence electrons. The standard InChI is InChI=1S/C13H20F3N5/c1-8(9-5-3-2-4-6-9)18-11-7-10(13(14,15)16)19-12(20-11)21-17/h7-9H,2-6,17H2,1H3,(H2,18,19,20,21). The highest BCUT2D eigenvalue weighted by atomic mass is 19.4. The molecule has 1 aliphatic carbocycles. The fourth-order valence-corrected chi connectivity index (χ4v) is 2.72. The third-order valence-electron chi connectivity index (χ3n) is 3.88. The van der Waals surface area contributed by atoms with Gasteiger partial charge in [-0.1, -0.05) is 19.3 Å². The molecule has 1 atom stereocenters. The van der Waals surface area contributed by atoms with Gasteiger partial charge >= 0.3 is 6.18 Å². The van der Waals surface area contributed by atoms with Crippen LogP contribution in [0.2, 0.25) is 0 Å². The summed E-state index contributed by atoms with van der Waals surface area (Å²) in [6.45, 7) is 1.97. The lowest BCUT2D eigenvalue weighted by atomic mass is 9.84. The molecule has 0 saturated heterocycles. The molecule has 5 nitrogen and oxygen atoms in total. The van der Waals surface area contributed by atoms with Gasteiger partial charge in [0.05, 0.1) is 0 Å². The number of nitrogens with zero attached hydrogens (tertiary/aromatic N) is 2. The van der Waals surface area contributed by atoms with Crippen LogP contribution in [0.5, 0.6) is 0 Å². The second-order valence-electron chi connectivity index (χ2n) is 5.44. The van der Waals surface area contributed by atoms with Crippen molar-refractivity contribution in [1.29, 1.82) is 0 Å². The van der Waals surface area contributed by atoms with Crippen molar-refractivity contribution in [2.75, 3.05) is 10.7 Å². The lowest BCUT2D eigenvalue weighted by molar-refractivity contribution is -0.141. The van der Waals surface area contributed by atoms with Gasteiger partial charge in [-0.3, -0.25) is 5.43 Å². The van der Waals surface area contributed by atoms with Crippen LogP contribution >= 0.6 is 0 Å². The second kappa shape index (κ2) is 6.46. The summed E-state index contributed by atoms with van der Waals surface area (Å²) in [5, 5.41) is 3.05. The molecule has 1 unspecified atom stereocenters. The minimum atomic E-state index is -4.53. The molecule has 0 amide bonds. The number of hydrazine groups is 1. The first-order valence-electron chi connectivity index (χ1n) is 7.09. The predicted octanol–water partition coefficient (Wildman–Crippen LogP) is 3.16. The van der Waals surface area contributed by atoms with E-state index < -0.39 is 11.9 Å². The second-order valence-corrected chi connectivity index (χ2v) is 5.44. The van der Waals surface area contributed by atoms with Gasteiger partial charge in [-0.2, -0.15) is 18.2 Å². The van der Waals surface area contributed by atoms with Crippen LogP contribution in [0.4, 0.5) is 24.9 Å². The number of hydrogen-bond donors (Lipinski definition) is 3. The average molecular weight is 303 g/mol. The first-order valence-corrected chi connectivity index (χ1v) is 7.09. The van der Waals surface area contributed by atoms with Crippen molar-refractivity contribution in [2.45, 2.75) is 51.2 Å². The third kappa shape index (κ3) is 4.20. The minimum absolute atomic E-state index is 0.0620. The highest BCUT2D eigenvalue weighted by Gasteiger charge is 2.34. The number of hydrogen-bond acceptors (Lipinski definition) is 5. The Kier molecular flexibility index (Phi) is 4.87. The van der Waals surface area contributed by atoms with E-state index in [1.807, 2.05) is 6.92 Å². The van der Waals surface area contributed by atoms with Gasteiger partial charge in [0.1, 0.15) is 5.82 Å². The summed E-state index contributed by atoms with van der Waals surface area (Å²) in [5.41, 5.74) is 1.06. The van der Waals surface area contributed by atoms with Crippen LogP contribution in [0.15, 0.2) is 6.07 Å². The van der Waals surface area contributed by atoms with Gasteiger partial charge < -0.3 is 5.32 Å². The van der Waals surface area contributed by atoms with Gasteiger partial charge in [-0.05, 0) is 25.7 Å². The monoisotopic (exact) mass is 303 g/mol. The molecule has 1 aromatic rings. The van der Waals surface area contributed by atoms with Crippen molar-refractivity contribution in [3.8, 4) is 0 Å². The summed E-state index contributed by atoms with van der Waals surface area (Å²) >= 11 is 0. The van der Waals surface area contributed by atoms with E-state index in [1.165, 1.54) is 19.3 Å². The molecular weight excluding hydrogens is 283 g/mol. The maximum Gasteiger partial charge on any atom is 0.433 e. The largest absolute Gasteiger partial charge is 0.433 e. The molecule has 1 saturated carbocycles. The average Bonchev–Trinajstić information content (AvgIpc) is 2.46. The van der Waals surface area contributed by atoms with Gasteiger partial charge in [0, 0.05) is 12.1 Å². The highest BCUT2D eigenvalue weighted by molar-refractivity contribution is 5.43. The summed E-state index contributed by atoms with van der Waals surface area (Å²) < 4.78 is 38.4. The minimum Gasteiger partial charge on any atom is -0.367 e. The van der Waals surface area contributed by atoms with Crippen molar-refractivity contribution >= 4 is 11.8 Å². The molecule has 4 N–H and O–H groups in total. The van der Waals surface area contributed by atoms with E-state index >= 15 is 0 Å². The van der Waals surface area contributed by atoms with Gasteiger partial charge in [0.25, 0.3) is 0 Å². The molecule has 1 fully saturated rings. The maximum atomic E-state index is 12.8. The molecule has 21 heavy (non-hydrogen) atoms. The van der Waals surface area contributed by atoms with Gasteiger partial charge in [0.2, 0.25) is 5.95 Å². The number of nitrogens with two attached hydrogens (primary N) is 1. The fourth-order valence-electron chi connectivity index (χ4n) is 2.72. The zero-order chi connectivity index (χ0) is 15.5. The van der Waals surface area contributed by atoms with Crippen LogP contribution in [-0.4, -0.2) is 16.0 Å². The molecule has 2 rings (SSSR count). The van der Waals surface area contributed by atoms with Crippen molar-refractivity contribution in [2.24, 2.45) is 11.8 Å². The Morgan fingerprint density at radius 2 is 1.90 bits per heavy atom. The van der Waals surface area contributed by atoms with Gasteiger partial charge in [-0.25, -0.2) is 10.8 Å². The van der Waals surface area contributed by atoms with Crippen LogP contribution in [0.25, 0.3) is 0 Å². The number of rotatable bonds is 4. The van der Waals surface area contributed by atoms with Crippen molar-refractivity contribution in [1.82, 2.24) is 9.97 Å². The normalized spacial score (nSPS) is 18.3. The molecule has 0 radical (unpaired) electrons. The molecule has 1 heterocycles. The number of nitrogens with one attached hydrogen (secondary N) is 2. The summed E-state index contributed by atoms with van der Waals surface area (Å²) in [5.74, 6) is 5.49. The first-order chi connectivity index (χ1) is 9.90. The Hall–Kier alpha value is -1.57. The Labute approximate surface area is 121 Å². The Bertz CT molecular complexity index is 471. The van der Waals surface area contributed by atoms with Crippen LogP contribution in [0, 0.1) is 5.92 Å². The topological polar surface area (TPSA) is 75.9 Å². The predicted molar refractivity (Wildman–Crippen MR) is 74.5 cm³/mol. The summed E-state index contributed by atoms with van der Waals surface area (Å²) in [6, 6.07) is 0.979. The highest BCUT2D eigenvalue weighted by Crippen LogP contribution is 2.31. The number of anilines is 2. The lowest BCUT2D eigenvalue weighted by Crippen LogP contribution is -2.28. The molecule has 1 aromatic heterocycles. The number of alkyl halides is 3. The summed E-state index contributed by atoms with van der Waals surface area (Å²) in [6.07, 6.45) is 1.23. The maximum absolute atomic E-state index is 12.8. The van der Waals surface area contributed by atoms with Crippen LogP contribution in [-0.2, 0) is 6.18 Å². The van der Waals surface area contributed by atoms with Gasteiger partial charge in [-0.15, -0.1) is 0 Å². The SMILES string of the molecule is CC(Nc1cc(C(F)(F)F)nc(NN)n1)C1CCCCC1. The molecule has 1 aliphatic rings. The summed E-state index contributed by atoms with van der Waals surface area (Å²) in [7, 11) is 0. The number of nitrogen functional groups attached to an aromatic ring is 1. The molecular formula is C13H20F3N5. The van der Waals surface area contributed by atoms with E-state index in [9.17, 15) is 13.2 Å². The number of aromatic nitrogens is 2. The van der Waals surface area contributed by atoms with Crippen molar-refractivity contribution in [3.63, 3.8) is 0 Å². The Morgan fingerprint density at radius 1 is 1.24 bits per heavy atom. The van der Waals surface area contributed by atoms with Crippen LogP contribution < -0.4 is 16.6 Å². The van der Waals surface area contributed by atoms with Crippen molar-refractivity contribution in [3.05, 3.63) is 11.8 Å². The van der Waals surface area contributed by atoms with Crippen molar-refractivity contribution < 1.29 is 13.2 Å². The Balaban J connectivity index is 2.14. The van der Waals surface area contributed by atoms with E-state index in [2.05, 4.69) is 20.7 Å². The van der Waals surface area contributed by atoms with Crippen LogP contribution in [0.1, 0.15) is 44.7 Å². The number of halogens is 3. The molecule has 0 aromatic carbocycles. The summed E-state index contributed by atoms with van der Waals surface area (Å²) in [4.78, 5) is 7.27. The van der Waals surface area contributed by atoms with E-state index in [1.54, 1.807) is 0 Å². The first kappa shape index (κ1) is 15.8. The van der Waals surface area contributed by atoms with E-state index in [0.717, 1.165) is 18.9 Å². The third-order valence-corrected chi connectivity index (χ3v) is 3.88. The van der Waals surface area contributed by atoms with E-state index in [-0.39, 0.29) is 17.8 Å². The Morgan fingerprint density at radius 3 is 2.48 bits per heavy atom. The molecule has 8 heteroatoms. The fraction of sp³-hybridized carbons (Fsp3) is 0.692. The molecule has 0 aliphatic heterocycles. The van der Waals surface area contributed by atoms with Crippen LogP contribution in [0.3, 0.4) is 0 Å².